The Morgan fingerprint density at radius 1 is 1.62 bits per heavy atom. The molecule has 1 unspecified atom stereocenters. The highest BCUT2D eigenvalue weighted by atomic mass is 15.3. The van der Waals surface area contributed by atoms with E-state index in [0.717, 1.165) is 25.9 Å². The number of nitrogens with one attached hydrogen (secondary N) is 1. The van der Waals surface area contributed by atoms with E-state index >= 15 is 0 Å². The fourth-order valence-corrected chi connectivity index (χ4v) is 1.76. The minimum absolute atomic E-state index is 0.406. The Balaban J connectivity index is 2.37. The molecule has 1 aromatic heterocycles. The van der Waals surface area contributed by atoms with Crippen LogP contribution in [0.4, 0.5) is 0 Å². The maximum Gasteiger partial charge on any atom is 0.103 e. The summed E-state index contributed by atoms with van der Waals surface area (Å²) in [7, 11) is 0. The lowest BCUT2D eigenvalue weighted by Crippen LogP contribution is -2.40. The van der Waals surface area contributed by atoms with E-state index in [9.17, 15) is 0 Å². The van der Waals surface area contributed by atoms with Gasteiger partial charge in [-0.3, -0.25) is 10.00 Å². The highest BCUT2D eigenvalue weighted by Gasteiger charge is 2.21. The van der Waals surface area contributed by atoms with Gasteiger partial charge in [0.15, 0.2) is 0 Å². The molecule has 1 N–H and O–H groups in total. The van der Waals surface area contributed by atoms with Crippen molar-refractivity contribution in [3.63, 3.8) is 0 Å². The van der Waals surface area contributed by atoms with Gasteiger partial charge >= 0.3 is 0 Å². The van der Waals surface area contributed by atoms with E-state index in [1.807, 2.05) is 37.8 Å². The van der Waals surface area contributed by atoms with Gasteiger partial charge in [-0.15, -0.1) is 0 Å². The van der Waals surface area contributed by atoms with E-state index in [1.165, 1.54) is 5.56 Å². The van der Waals surface area contributed by atoms with Gasteiger partial charge in [0.05, 0.1) is 12.3 Å². The highest BCUT2D eigenvalue weighted by Crippen LogP contribution is 2.11. The first-order valence-electron chi connectivity index (χ1n) is 5.75. The van der Waals surface area contributed by atoms with Gasteiger partial charge in [0.1, 0.15) is 5.54 Å². The Bertz CT molecular complexity index is 363. The topological polar surface area (TPSA) is 53.6 Å². The molecule has 1 atom stereocenters. The third kappa shape index (κ3) is 3.67. The molecule has 1 heterocycles. The molecule has 0 aromatic carbocycles. The van der Waals surface area contributed by atoms with Gasteiger partial charge in [-0.25, -0.2) is 0 Å². The summed E-state index contributed by atoms with van der Waals surface area (Å²) in [5.74, 6) is 0. The second kappa shape index (κ2) is 5.66. The summed E-state index contributed by atoms with van der Waals surface area (Å²) in [6.45, 7) is 7.69. The predicted molar refractivity (Wildman–Crippen MR) is 63.9 cm³/mol. The number of nitriles is 1. The summed E-state index contributed by atoms with van der Waals surface area (Å²) in [5, 5.41) is 16.5. The van der Waals surface area contributed by atoms with Crippen LogP contribution >= 0.6 is 0 Å². The smallest absolute Gasteiger partial charge is 0.103 e. The van der Waals surface area contributed by atoms with E-state index < -0.39 is 5.54 Å². The average Bonchev–Trinajstić information content (AvgIpc) is 2.65. The molecule has 0 radical (unpaired) electrons. The van der Waals surface area contributed by atoms with Crippen molar-refractivity contribution in [1.29, 1.82) is 5.26 Å². The molecular formula is C12H20N4. The van der Waals surface area contributed by atoms with E-state index in [0.29, 0.717) is 0 Å². The van der Waals surface area contributed by atoms with Gasteiger partial charge in [-0.05, 0) is 38.8 Å². The van der Waals surface area contributed by atoms with Crippen LogP contribution in [-0.4, -0.2) is 21.9 Å². The van der Waals surface area contributed by atoms with Crippen LogP contribution in [0.5, 0.6) is 0 Å². The van der Waals surface area contributed by atoms with E-state index in [4.69, 9.17) is 5.26 Å². The molecule has 88 valence electrons. The van der Waals surface area contributed by atoms with E-state index in [2.05, 4.69) is 16.5 Å². The first-order chi connectivity index (χ1) is 7.59. The summed E-state index contributed by atoms with van der Waals surface area (Å²) < 4.78 is 1.93. The maximum absolute atomic E-state index is 9.08. The van der Waals surface area contributed by atoms with Gasteiger partial charge < -0.3 is 0 Å². The fourth-order valence-electron chi connectivity index (χ4n) is 1.76. The minimum Gasteiger partial charge on any atom is -0.300 e. The second-order valence-electron chi connectivity index (χ2n) is 4.36. The zero-order valence-corrected chi connectivity index (χ0v) is 10.3. The number of nitrogens with zero attached hydrogens (tertiary/aromatic N) is 3. The minimum atomic E-state index is -0.406. The first kappa shape index (κ1) is 12.7. The molecule has 4 nitrogen and oxygen atoms in total. The monoisotopic (exact) mass is 220 g/mol. The van der Waals surface area contributed by atoms with E-state index in [-0.39, 0.29) is 0 Å². The SMILES string of the molecule is CCNC(C)(C#N)CCCn1cc(C)cn1. The summed E-state index contributed by atoms with van der Waals surface area (Å²) in [4.78, 5) is 0. The van der Waals surface area contributed by atoms with Gasteiger partial charge in [0, 0.05) is 12.7 Å². The Labute approximate surface area is 97.3 Å². The average molecular weight is 220 g/mol. The molecule has 4 heteroatoms. The molecule has 1 rings (SSSR count). The van der Waals surface area contributed by atoms with Crippen LogP contribution < -0.4 is 5.32 Å². The van der Waals surface area contributed by atoms with Crippen molar-refractivity contribution in [1.82, 2.24) is 15.1 Å². The van der Waals surface area contributed by atoms with Crippen LogP contribution in [0.1, 0.15) is 32.3 Å². The molecule has 0 aliphatic carbocycles. The molecule has 16 heavy (non-hydrogen) atoms. The lowest BCUT2D eigenvalue weighted by molar-refractivity contribution is 0.397. The Hall–Kier alpha value is -1.34. The first-order valence-corrected chi connectivity index (χ1v) is 5.75. The molecule has 0 aliphatic rings. The van der Waals surface area contributed by atoms with Crippen molar-refractivity contribution in [2.45, 2.75) is 45.7 Å². The van der Waals surface area contributed by atoms with Crippen molar-refractivity contribution in [3.05, 3.63) is 18.0 Å². The predicted octanol–water partition coefficient (Wildman–Crippen LogP) is 1.86. The number of hydrogen-bond acceptors (Lipinski definition) is 3. The molecule has 0 saturated heterocycles. The fraction of sp³-hybridized carbons (Fsp3) is 0.667. The van der Waals surface area contributed by atoms with Gasteiger partial charge in [-0.2, -0.15) is 10.4 Å². The van der Waals surface area contributed by atoms with Crippen molar-refractivity contribution < 1.29 is 0 Å². The summed E-state index contributed by atoms with van der Waals surface area (Å²) in [6, 6.07) is 2.33. The number of aryl methyl sites for hydroxylation is 2. The maximum atomic E-state index is 9.08. The number of rotatable bonds is 6. The lowest BCUT2D eigenvalue weighted by Gasteiger charge is -2.22. The van der Waals surface area contributed by atoms with Crippen molar-refractivity contribution >= 4 is 0 Å². The molecule has 0 amide bonds. The van der Waals surface area contributed by atoms with Crippen molar-refractivity contribution in [2.24, 2.45) is 0 Å². The van der Waals surface area contributed by atoms with Crippen LogP contribution in [0, 0.1) is 18.3 Å². The van der Waals surface area contributed by atoms with Crippen LogP contribution in [-0.2, 0) is 6.54 Å². The Morgan fingerprint density at radius 3 is 2.88 bits per heavy atom. The van der Waals surface area contributed by atoms with Gasteiger partial charge in [0.25, 0.3) is 0 Å². The van der Waals surface area contributed by atoms with Crippen molar-refractivity contribution in [3.8, 4) is 6.07 Å². The third-order valence-corrected chi connectivity index (χ3v) is 2.64. The molecular weight excluding hydrogens is 200 g/mol. The molecule has 1 aromatic rings. The summed E-state index contributed by atoms with van der Waals surface area (Å²) in [5.41, 5.74) is 0.770. The van der Waals surface area contributed by atoms with Crippen molar-refractivity contribution in [2.75, 3.05) is 6.54 Å². The largest absolute Gasteiger partial charge is 0.300 e. The summed E-state index contributed by atoms with van der Waals surface area (Å²) in [6.07, 6.45) is 5.68. The standard InChI is InChI=1S/C12H20N4/c1-4-14-12(3,10-13)6-5-7-16-9-11(2)8-15-16/h8-9,14H,4-7H2,1-3H3. The quantitative estimate of drug-likeness (QED) is 0.796. The molecule has 0 fully saturated rings. The molecule has 0 aliphatic heterocycles. The zero-order chi connectivity index (χ0) is 12.0. The van der Waals surface area contributed by atoms with Crippen LogP contribution in [0.25, 0.3) is 0 Å². The number of aromatic nitrogens is 2. The van der Waals surface area contributed by atoms with Crippen LogP contribution in [0.3, 0.4) is 0 Å². The molecule has 0 saturated carbocycles. The zero-order valence-electron chi connectivity index (χ0n) is 10.3. The normalized spacial score (nSPS) is 14.4. The Morgan fingerprint density at radius 2 is 2.38 bits per heavy atom. The third-order valence-electron chi connectivity index (χ3n) is 2.64. The van der Waals surface area contributed by atoms with Crippen LogP contribution in [0.2, 0.25) is 0 Å². The van der Waals surface area contributed by atoms with Gasteiger partial charge in [-0.1, -0.05) is 6.92 Å². The van der Waals surface area contributed by atoms with Gasteiger partial charge in [0.2, 0.25) is 0 Å². The van der Waals surface area contributed by atoms with E-state index in [1.54, 1.807) is 0 Å². The van der Waals surface area contributed by atoms with Crippen LogP contribution in [0.15, 0.2) is 12.4 Å². The molecule has 0 bridgehead atoms. The highest BCUT2D eigenvalue weighted by molar-refractivity contribution is 5.03. The lowest BCUT2D eigenvalue weighted by atomic mass is 9.98. The number of hydrogen-bond donors (Lipinski definition) is 1. The second-order valence-corrected chi connectivity index (χ2v) is 4.36. The Kier molecular flexibility index (Phi) is 4.51. The summed E-state index contributed by atoms with van der Waals surface area (Å²) >= 11 is 0. The molecule has 0 spiro atoms.